The van der Waals surface area contributed by atoms with Crippen molar-refractivity contribution in [2.24, 2.45) is 5.73 Å². The van der Waals surface area contributed by atoms with Crippen LogP contribution in [0.25, 0.3) is 0 Å². The molecular formula is C13H20F2N2O2. The lowest BCUT2D eigenvalue weighted by atomic mass is 10.00. The molecule has 0 saturated heterocycles. The molecule has 4 nitrogen and oxygen atoms in total. The Kier molecular flexibility index (Phi) is 5.08. The van der Waals surface area contributed by atoms with Gasteiger partial charge >= 0.3 is 0 Å². The third-order valence-corrected chi connectivity index (χ3v) is 3.14. The number of phenolic OH excluding ortho intramolecular Hbond substituents is 1. The van der Waals surface area contributed by atoms with Crippen molar-refractivity contribution in [3.05, 3.63) is 23.8 Å². The van der Waals surface area contributed by atoms with Crippen molar-refractivity contribution in [3.63, 3.8) is 0 Å². The van der Waals surface area contributed by atoms with Crippen molar-refractivity contribution >= 4 is 5.69 Å². The fourth-order valence-corrected chi connectivity index (χ4v) is 1.91. The average Bonchev–Trinajstić information content (AvgIpc) is 2.39. The van der Waals surface area contributed by atoms with Crippen LogP contribution in [0.3, 0.4) is 0 Å². The van der Waals surface area contributed by atoms with E-state index in [1.165, 1.54) is 12.1 Å². The second kappa shape index (κ2) is 6.16. The molecule has 0 aromatic heterocycles. The van der Waals surface area contributed by atoms with Crippen molar-refractivity contribution in [2.75, 3.05) is 24.6 Å². The molecule has 0 aliphatic heterocycles. The highest BCUT2D eigenvalue weighted by molar-refractivity contribution is 5.54. The molecule has 1 rings (SSSR count). The zero-order chi connectivity index (χ0) is 14.6. The highest BCUT2D eigenvalue weighted by Gasteiger charge is 2.38. The summed E-state index contributed by atoms with van der Waals surface area (Å²) in [5.41, 5.74) is 6.06. The standard InChI is InChI=1S/C13H20F2N2O2/c1-3-17(4-2)9-5-6-10(11(19)7-9)12(16)13(14,15)8-18/h5-7,12,18-19H,3-4,8,16H2,1-2H3/t12-/m0/s1. The van der Waals surface area contributed by atoms with E-state index in [0.29, 0.717) is 0 Å². The molecule has 4 N–H and O–H groups in total. The molecule has 0 bridgehead atoms. The van der Waals surface area contributed by atoms with E-state index in [9.17, 15) is 13.9 Å². The van der Waals surface area contributed by atoms with E-state index in [-0.39, 0.29) is 11.3 Å². The SMILES string of the molecule is CCN(CC)c1ccc([C@H](N)C(F)(F)CO)c(O)c1. The smallest absolute Gasteiger partial charge is 0.289 e. The lowest BCUT2D eigenvalue weighted by Crippen LogP contribution is -2.36. The Hall–Kier alpha value is -1.40. The number of alkyl halides is 2. The van der Waals surface area contributed by atoms with Crippen LogP contribution in [-0.4, -0.2) is 35.8 Å². The quantitative estimate of drug-likeness (QED) is 0.740. The molecule has 0 saturated carbocycles. The van der Waals surface area contributed by atoms with Crippen LogP contribution in [0.15, 0.2) is 18.2 Å². The minimum absolute atomic E-state index is 0.0741. The van der Waals surface area contributed by atoms with Gasteiger partial charge in [0.25, 0.3) is 5.92 Å². The van der Waals surface area contributed by atoms with E-state index in [4.69, 9.17) is 10.8 Å². The van der Waals surface area contributed by atoms with Gasteiger partial charge in [-0.15, -0.1) is 0 Å². The number of halogens is 2. The molecular weight excluding hydrogens is 254 g/mol. The van der Waals surface area contributed by atoms with Crippen molar-refractivity contribution < 1.29 is 19.0 Å². The molecule has 0 fully saturated rings. The molecule has 1 aromatic carbocycles. The Balaban J connectivity index is 3.07. The van der Waals surface area contributed by atoms with Crippen molar-refractivity contribution in [1.29, 1.82) is 0 Å². The predicted molar refractivity (Wildman–Crippen MR) is 70.6 cm³/mol. The first-order valence-corrected chi connectivity index (χ1v) is 6.19. The minimum atomic E-state index is -3.46. The van der Waals surface area contributed by atoms with E-state index >= 15 is 0 Å². The number of aromatic hydroxyl groups is 1. The van der Waals surface area contributed by atoms with Crippen LogP contribution in [0, 0.1) is 0 Å². The average molecular weight is 274 g/mol. The lowest BCUT2D eigenvalue weighted by molar-refractivity contribution is -0.0715. The summed E-state index contributed by atoms with van der Waals surface area (Å²) >= 11 is 0. The van der Waals surface area contributed by atoms with Crippen LogP contribution in [0.5, 0.6) is 5.75 Å². The number of anilines is 1. The van der Waals surface area contributed by atoms with Gasteiger partial charge in [-0.25, -0.2) is 8.78 Å². The first kappa shape index (κ1) is 15.7. The summed E-state index contributed by atoms with van der Waals surface area (Å²) in [5.74, 6) is -3.75. The molecule has 0 heterocycles. The molecule has 0 unspecified atom stereocenters. The summed E-state index contributed by atoms with van der Waals surface area (Å²) in [5, 5.41) is 18.5. The van der Waals surface area contributed by atoms with Gasteiger partial charge in [0.15, 0.2) is 0 Å². The van der Waals surface area contributed by atoms with Crippen LogP contribution in [-0.2, 0) is 0 Å². The number of nitrogens with two attached hydrogens (primary N) is 1. The topological polar surface area (TPSA) is 69.7 Å². The summed E-state index contributed by atoms with van der Waals surface area (Å²) in [6, 6.07) is 2.69. The van der Waals surface area contributed by atoms with E-state index in [2.05, 4.69) is 0 Å². The van der Waals surface area contributed by atoms with E-state index in [1.807, 2.05) is 18.7 Å². The molecule has 0 amide bonds. The van der Waals surface area contributed by atoms with Crippen LogP contribution in [0.4, 0.5) is 14.5 Å². The Bertz CT molecular complexity index is 423. The van der Waals surface area contributed by atoms with Crippen LogP contribution in [0.1, 0.15) is 25.5 Å². The van der Waals surface area contributed by atoms with Crippen LogP contribution < -0.4 is 10.6 Å². The Morgan fingerprint density at radius 2 is 1.89 bits per heavy atom. The second-order valence-electron chi connectivity index (χ2n) is 4.31. The Morgan fingerprint density at radius 3 is 2.32 bits per heavy atom. The normalized spacial score (nSPS) is 13.4. The van der Waals surface area contributed by atoms with Gasteiger partial charge < -0.3 is 20.8 Å². The number of phenols is 1. The molecule has 0 radical (unpaired) electrons. The molecule has 19 heavy (non-hydrogen) atoms. The third kappa shape index (κ3) is 3.33. The van der Waals surface area contributed by atoms with Gasteiger partial charge in [0.1, 0.15) is 18.4 Å². The van der Waals surface area contributed by atoms with Gasteiger partial charge in [-0.1, -0.05) is 6.07 Å². The maximum atomic E-state index is 13.3. The van der Waals surface area contributed by atoms with E-state index in [0.717, 1.165) is 18.8 Å². The van der Waals surface area contributed by atoms with E-state index in [1.54, 1.807) is 6.07 Å². The lowest BCUT2D eigenvalue weighted by Gasteiger charge is -2.25. The van der Waals surface area contributed by atoms with Gasteiger partial charge in [-0.05, 0) is 19.9 Å². The van der Waals surface area contributed by atoms with Gasteiger partial charge in [-0.2, -0.15) is 0 Å². The minimum Gasteiger partial charge on any atom is -0.508 e. The first-order valence-electron chi connectivity index (χ1n) is 6.19. The number of benzene rings is 1. The van der Waals surface area contributed by atoms with Gasteiger partial charge in [-0.3, -0.25) is 0 Å². The summed E-state index contributed by atoms with van der Waals surface area (Å²) in [6.07, 6.45) is 0. The summed E-state index contributed by atoms with van der Waals surface area (Å²) in [4.78, 5) is 1.97. The zero-order valence-electron chi connectivity index (χ0n) is 11.1. The maximum Gasteiger partial charge on any atom is 0.289 e. The fourth-order valence-electron chi connectivity index (χ4n) is 1.91. The molecule has 6 heteroatoms. The van der Waals surface area contributed by atoms with E-state index < -0.39 is 18.6 Å². The molecule has 0 spiro atoms. The number of hydrogen-bond acceptors (Lipinski definition) is 4. The first-order chi connectivity index (χ1) is 8.87. The predicted octanol–water partition coefficient (Wildman–Crippen LogP) is 1.87. The maximum absolute atomic E-state index is 13.3. The Labute approximate surface area is 111 Å². The van der Waals surface area contributed by atoms with Crippen LogP contribution >= 0.6 is 0 Å². The third-order valence-electron chi connectivity index (χ3n) is 3.14. The fraction of sp³-hybridized carbons (Fsp3) is 0.538. The number of rotatable bonds is 6. The highest BCUT2D eigenvalue weighted by Crippen LogP contribution is 2.35. The largest absolute Gasteiger partial charge is 0.508 e. The number of nitrogens with zero attached hydrogens (tertiary/aromatic N) is 1. The van der Waals surface area contributed by atoms with Gasteiger partial charge in [0, 0.05) is 30.4 Å². The summed E-state index contributed by atoms with van der Waals surface area (Å²) in [6.45, 7) is 4.05. The Morgan fingerprint density at radius 1 is 1.32 bits per heavy atom. The van der Waals surface area contributed by atoms with Crippen molar-refractivity contribution in [2.45, 2.75) is 25.8 Å². The molecule has 0 aliphatic carbocycles. The zero-order valence-corrected chi connectivity index (χ0v) is 11.1. The monoisotopic (exact) mass is 274 g/mol. The number of aliphatic hydroxyl groups is 1. The van der Waals surface area contributed by atoms with Crippen LogP contribution in [0.2, 0.25) is 0 Å². The van der Waals surface area contributed by atoms with Crippen molar-refractivity contribution in [3.8, 4) is 5.75 Å². The second-order valence-corrected chi connectivity index (χ2v) is 4.31. The highest BCUT2D eigenvalue weighted by atomic mass is 19.3. The summed E-state index contributed by atoms with van der Waals surface area (Å²) in [7, 11) is 0. The molecule has 1 aromatic rings. The van der Waals surface area contributed by atoms with Crippen molar-refractivity contribution in [1.82, 2.24) is 0 Å². The molecule has 1 atom stereocenters. The molecule has 0 aliphatic rings. The number of aliphatic hydroxyl groups excluding tert-OH is 1. The molecule has 108 valence electrons. The van der Waals surface area contributed by atoms with Gasteiger partial charge in [0.2, 0.25) is 0 Å². The number of hydrogen-bond donors (Lipinski definition) is 3. The summed E-state index contributed by atoms with van der Waals surface area (Å²) < 4.78 is 26.6. The van der Waals surface area contributed by atoms with Gasteiger partial charge in [0.05, 0.1) is 0 Å².